The second kappa shape index (κ2) is 12.1. The third kappa shape index (κ3) is 6.85. The van der Waals surface area contributed by atoms with Crippen molar-refractivity contribution in [1.29, 1.82) is 0 Å². The molecular formula is C31H35F2N5O5. The fourth-order valence-electron chi connectivity index (χ4n) is 5.46. The van der Waals surface area contributed by atoms with E-state index in [1.54, 1.807) is 26.8 Å². The first-order valence-electron chi connectivity index (χ1n) is 14.3. The van der Waals surface area contributed by atoms with Crippen molar-refractivity contribution < 1.29 is 33.0 Å². The lowest BCUT2D eigenvalue weighted by Gasteiger charge is -2.23. The number of rotatable bonds is 6. The predicted octanol–water partition coefficient (Wildman–Crippen LogP) is 5.09. The lowest BCUT2D eigenvalue weighted by molar-refractivity contribution is 0.0514. The van der Waals surface area contributed by atoms with Crippen molar-refractivity contribution >= 4 is 23.7 Å². The van der Waals surface area contributed by atoms with Crippen LogP contribution in [-0.2, 0) is 11.2 Å². The van der Waals surface area contributed by atoms with Crippen LogP contribution in [0.5, 0.6) is 0 Å². The zero-order chi connectivity index (χ0) is 30.9. The van der Waals surface area contributed by atoms with Crippen LogP contribution in [0.25, 0.3) is 11.1 Å². The molecule has 43 heavy (non-hydrogen) atoms. The minimum absolute atomic E-state index is 0.0462. The molecule has 10 nitrogen and oxygen atoms in total. The molecule has 2 aromatic carbocycles. The minimum atomic E-state index is -1.01. The number of halogens is 2. The Bertz CT molecular complexity index is 1540. The second-order valence-corrected chi connectivity index (χ2v) is 11.9. The van der Waals surface area contributed by atoms with Crippen molar-refractivity contribution in [3.05, 3.63) is 71.1 Å². The molecule has 1 aromatic heterocycles. The number of aliphatic hydroxyl groups is 1. The van der Waals surface area contributed by atoms with Crippen molar-refractivity contribution in [2.75, 3.05) is 18.1 Å². The van der Waals surface area contributed by atoms with E-state index in [0.29, 0.717) is 23.2 Å². The third-order valence-electron chi connectivity index (χ3n) is 7.54. The molecule has 228 valence electrons. The molecular weight excluding hydrogens is 560 g/mol. The molecule has 0 bridgehead atoms. The molecule has 3 N–H and O–H groups in total. The summed E-state index contributed by atoms with van der Waals surface area (Å²) >= 11 is 0. The first-order valence-corrected chi connectivity index (χ1v) is 14.3. The standard InChI is InChI=1S/C31H35F2N5O5/c1-31(2,3)43-30(42)38-16-21(15-34-38)24-13-18-8-9-37(27(18)14-25(24)33)29(41)36-26(17-39)19-10-20(12-22(32)11-19)28(40)35-23-6-4-5-7-23/h10-16,23,26,39H,4-9,17H2,1-3H3,(H,35,40)(H,36,41). The zero-order valence-electron chi connectivity index (χ0n) is 24.3. The molecule has 2 aliphatic rings. The average Bonchev–Trinajstić information content (AvgIpc) is 3.71. The van der Waals surface area contributed by atoms with Crippen molar-refractivity contribution in [2.45, 2.75) is 70.6 Å². The maximum Gasteiger partial charge on any atom is 0.435 e. The maximum absolute atomic E-state index is 15.3. The number of benzene rings is 2. The SMILES string of the molecule is CC(C)(C)OC(=O)n1cc(-c2cc3c(cc2F)N(C(=O)NC(CO)c2cc(F)cc(C(=O)NC4CCCC4)c2)CC3)cn1. The van der Waals surface area contributed by atoms with Crippen LogP contribution < -0.4 is 15.5 Å². The Kier molecular flexibility index (Phi) is 8.50. The van der Waals surface area contributed by atoms with Crippen LogP contribution in [0, 0.1) is 11.6 Å². The number of nitrogens with one attached hydrogen (secondary N) is 2. The van der Waals surface area contributed by atoms with Gasteiger partial charge in [0.1, 0.15) is 17.2 Å². The lowest BCUT2D eigenvalue weighted by atomic mass is 10.0. The number of fused-ring (bicyclic) bond motifs is 1. The van der Waals surface area contributed by atoms with Gasteiger partial charge in [0.2, 0.25) is 0 Å². The number of aliphatic hydroxyl groups excluding tert-OH is 1. The van der Waals surface area contributed by atoms with Gasteiger partial charge in [-0.3, -0.25) is 9.69 Å². The van der Waals surface area contributed by atoms with E-state index in [1.807, 2.05) is 0 Å². The van der Waals surface area contributed by atoms with Gasteiger partial charge in [-0.05, 0) is 81.5 Å². The Morgan fingerprint density at radius 2 is 1.86 bits per heavy atom. The topological polar surface area (TPSA) is 126 Å². The summed E-state index contributed by atoms with van der Waals surface area (Å²) in [6.45, 7) is 4.88. The molecule has 1 aliphatic carbocycles. The Hall–Kier alpha value is -4.32. The molecule has 12 heteroatoms. The number of anilines is 1. The van der Waals surface area contributed by atoms with Crippen LogP contribution in [0.15, 0.2) is 42.7 Å². The number of urea groups is 1. The maximum atomic E-state index is 15.3. The number of hydrogen-bond acceptors (Lipinski definition) is 6. The summed E-state index contributed by atoms with van der Waals surface area (Å²) < 4.78 is 36.1. The largest absolute Gasteiger partial charge is 0.442 e. The zero-order valence-corrected chi connectivity index (χ0v) is 24.3. The quantitative estimate of drug-likeness (QED) is 0.365. The summed E-state index contributed by atoms with van der Waals surface area (Å²) in [5.41, 5.74) is 1.25. The second-order valence-electron chi connectivity index (χ2n) is 11.9. The molecule has 0 radical (unpaired) electrons. The molecule has 1 aliphatic heterocycles. The van der Waals surface area contributed by atoms with Crippen LogP contribution in [0.4, 0.5) is 24.1 Å². The molecule has 0 spiro atoms. The van der Waals surface area contributed by atoms with E-state index in [1.165, 1.54) is 29.4 Å². The van der Waals surface area contributed by atoms with Gasteiger partial charge in [-0.2, -0.15) is 9.78 Å². The highest BCUT2D eigenvalue weighted by Gasteiger charge is 2.29. The molecule has 1 atom stereocenters. The van der Waals surface area contributed by atoms with Crippen molar-refractivity contribution in [3.63, 3.8) is 0 Å². The Labute approximate surface area is 248 Å². The van der Waals surface area contributed by atoms with Crippen LogP contribution in [0.1, 0.15) is 74.0 Å². The van der Waals surface area contributed by atoms with E-state index in [9.17, 15) is 23.9 Å². The number of ether oxygens (including phenoxy) is 1. The summed E-state index contributed by atoms with van der Waals surface area (Å²) in [6.07, 6.45) is 6.29. The Morgan fingerprint density at radius 3 is 2.56 bits per heavy atom. The molecule has 1 saturated carbocycles. The highest BCUT2D eigenvalue weighted by Crippen LogP contribution is 2.35. The Morgan fingerprint density at radius 1 is 1.12 bits per heavy atom. The molecule has 2 heterocycles. The molecule has 1 unspecified atom stereocenters. The number of aromatic nitrogens is 2. The van der Waals surface area contributed by atoms with E-state index >= 15 is 4.39 Å². The smallest absolute Gasteiger partial charge is 0.435 e. The van der Waals surface area contributed by atoms with Crippen molar-refractivity contribution in [1.82, 2.24) is 20.4 Å². The van der Waals surface area contributed by atoms with Crippen LogP contribution in [-0.4, -0.2) is 57.7 Å². The van der Waals surface area contributed by atoms with E-state index in [-0.39, 0.29) is 29.3 Å². The highest BCUT2D eigenvalue weighted by molar-refractivity contribution is 5.96. The van der Waals surface area contributed by atoms with Gasteiger partial charge in [0.25, 0.3) is 5.91 Å². The fraction of sp³-hybridized carbons (Fsp3) is 0.419. The van der Waals surface area contributed by atoms with E-state index in [0.717, 1.165) is 42.5 Å². The molecule has 0 saturated heterocycles. The fourth-order valence-corrected chi connectivity index (χ4v) is 5.46. The van der Waals surface area contributed by atoms with E-state index in [2.05, 4.69) is 15.7 Å². The van der Waals surface area contributed by atoms with Crippen molar-refractivity contribution in [3.8, 4) is 11.1 Å². The minimum Gasteiger partial charge on any atom is -0.442 e. The average molecular weight is 596 g/mol. The lowest BCUT2D eigenvalue weighted by Crippen LogP contribution is -2.42. The van der Waals surface area contributed by atoms with Gasteiger partial charge in [0.15, 0.2) is 0 Å². The number of carbonyl (C=O) groups excluding carboxylic acids is 3. The summed E-state index contributed by atoms with van der Waals surface area (Å²) in [5, 5.41) is 19.7. The van der Waals surface area contributed by atoms with Gasteiger partial charge >= 0.3 is 12.1 Å². The van der Waals surface area contributed by atoms with Gasteiger partial charge in [-0.15, -0.1) is 0 Å². The van der Waals surface area contributed by atoms with Gasteiger partial charge < -0.3 is 20.5 Å². The number of carbonyl (C=O) groups is 3. The van der Waals surface area contributed by atoms with Gasteiger partial charge in [-0.25, -0.2) is 18.4 Å². The molecule has 3 amide bonds. The first kappa shape index (κ1) is 30.1. The normalized spacial score (nSPS) is 15.7. The van der Waals surface area contributed by atoms with Gasteiger partial charge in [-0.1, -0.05) is 12.8 Å². The highest BCUT2D eigenvalue weighted by atomic mass is 19.1. The predicted molar refractivity (Wildman–Crippen MR) is 155 cm³/mol. The van der Waals surface area contributed by atoms with Gasteiger partial charge in [0.05, 0.1) is 24.5 Å². The number of nitrogens with zero attached hydrogens (tertiary/aromatic N) is 3. The van der Waals surface area contributed by atoms with Gasteiger partial charge in [0, 0.05) is 35.5 Å². The monoisotopic (exact) mass is 595 g/mol. The van der Waals surface area contributed by atoms with Crippen molar-refractivity contribution in [2.24, 2.45) is 0 Å². The van der Waals surface area contributed by atoms with E-state index < -0.39 is 47.9 Å². The number of hydrogen-bond donors (Lipinski definition) is 3. The number of amides is 3. The van der Waals surface area contributed by atoms with E-state index in [4.69, 9.17) is 4.74 Å². The molecule has 5 rings (SSSR count). The molecule has 3 aromatic rings. The van der Waals surface area contributed by atoms with Crippen LogP contribution in [0.2, 0.25) is 0 Å². The van der Waals surface area contributed by atoms with Crippen LogP contribution >= 0.6 is 0 Å². The molecule has 1 fully saturated rings. The van der Waals surface area contributed by atoms with Crippen LogP contribution in [0.3, 0.4) is 0 Å². The third-order valence-corrected chi connectivity index (χ3v) is 7.54. The summed E-state index contributed by atoms with van der Waals surface area (Å²) in [7, 11) is 0. The first-order chi connectivity index (χ1) is 20.4. The summed E-state index contributed by atoms with van der Waals surface area (Å²) in [6, 6.07) is 5.02. The Balaban J connectivity index is 1.31. The summed E-state index contributed by atoms with van der Waals surface area (Å²) in [4.78, 5) is 39.7. The summed E-state index contributed by atoms with van der Waals surface area (Å²) in [5.74, 6) is -1.70.